The van der Waals surface area contributed by atoms with Crippen molar-refractivity contribution in [3.8, 4) is 11.1 Å². The van der Waals surface area contributed by atoms with Gasteiger partial charge in [0.05, 0.1) is 4.88 Å². The molecule has 2 amide bonds. The third kappa shape index (κ3) is 2.56. The average molecular weight is 300 g/mol. The van der Waals surface area contributed by atoms with Crippen molar-refractivity contribution >= 4 is 23.2 Å². The summed E-state index contributed by atoms with van der Waals surface area (Å²) in [5, 5.41) is 4.70. The molecule has 1 atom stereocenters. The maximum Gasteiger partial charge on any atom is 0.265 e. The van der Waals surface area contributed by atoms with Crippen LogP contribution in [-0.4, -0.2) is 35.8 Å². The van der Waals surface area contributed by atoms with Crippen molar-refractivity contribution in [2.45, 2.75) is 13.0 Å². The van der Waals surface area contributed by atoms with Crippen LogP contribution in [0.15, 0.2) is 41.8 Å². The van der Waals surface area contributed by atoms with Crippen LogP contribution in [0.3, 0.4) is 0 Å². The first-order chi connectivity index (χ1) is 10.2. The van der Waals surface area contributed by atoms with Crippen molar-refractivity contribution in [2.75, 3.05) is 13.1 Å². The quantitative estimate of drug-likeness (QED) is 0.925. The van der Waals surface area contributed by atoms with Crippen LogP contribution >= 0.6 is 11.3 Å². The minimum atomic E-state index is -0.419. The van der Waals surface area contributed by atoms with E-state index in [2.05, 4.69) is 5.32 Å². The molecule has 0 radical (unpaired) electrons. The summed E-state index contributed by atoms with van der Waals surface area (Å²) in [7, 11) is 0. The van der Waals surface area contributed by atoms with Crippen molar-refractivity contribution in [3.63, 3.8) is 0 Å². The SMILES string of the molecule is CC1C(=O)NCCN1C(=O)c1sccc1-c1ccccc1. The summed E-state index contributed by atoms with van der Waals surface area (Å²) >= 11 is 1.43. The Morgan fingerprint density at radius 1 is 1.29 bits per heavy atom. The Labute approximate surface area is 127 Å². The summed E-state index contributed by atoms with van der Waals surface area (Å²) in [5.74, 6) is -0.154. The number of nitrogens with one attached hydrogen (secondary N) is 1. The molecule has 1 saturated heterocycles. The number of piperazine rings is 1. The van der Waals surface area contributed by atoms with E-state index >= 15 is 0 Å². The predicted molar refractivity (Wildman–Crippen MR) is 83.3 cm³/mol. The zero-order valence-electron chi connectivity index (χ0n) is 11.7. The Morgan fingerprint density at radius 2 is 2.05 bits per heavy atom. The van der Waals surface area contributed by atoms with Crippen molar-refractivity contribution < 1.29 is 9.59 Å². The first-order valence-corrected chi connectivity index (χ1v) is 7.78. The highest BCUT2D eigenvalue weighted by atomic mass is 32.1. The number of thiophene rings is 1. The van der Waals surface area contributed by atoms with Crippen LogP contribution in [0.2, 0.25) is 0 Å². The van der Waals surface area contributed by atoms with Crippen molar-refractivity contribution in [3.05, 3.63) is 46.7 Å². The fourth-order valence-electron chi connectivity index (χ4n) is 2.51. The Kier molecular flexibility index (Phi) is 3.75. The molecule has 5 heteroatoms. The van der Waals surface area contributed by atoms with Gasteiger partial charge in [-0.05, 0) is 23.9 Å². The number of amides is 2. The van der Waals surface area contributed by atoms with Gasteiger partial charge in [0.2, 0.25) is 5.91 Å². The third-order valence-corrected chi connectivity index (χ3v) is 4.61. The number of carbonyl (C=O) groups is 2. The highest BCUT2D eigenvalue weighted by molar-refractivity contribution is 7.12. The van der Waals surface area contributed by atoms with Crippen molar-refractivity contribution in [1.82, 2.24) is 10.2 Å². The smallest absolute Gasteiger partial charge is 0.265 e. The number of hydrogen-bond acceptors (Lipinski definition) is 3. The zero-order chi connectivity index (χ0) is 14.8. The lowest BCUT2D eigenvalue weighted by Gasteiger charge is -2.32. The van der Waals surface area contributed by atoms with E-state index in [0.29, 0.717) is 18.0 Å². The Morgan fingerprint density at radius 3 is 2.81 bits per heavy atom. The Balaban J connectivity index is 1.93. The van der Waals surface area contributed by atoms with Crippen molar-refractivity contribution in [2.24, 2.45) is 0 Å². The zero-order valence-corrected chi connectivity index (χ0v) is 12.5. The maximum atomic E-state index is 12.8. The highest BCUT2D eigenvalue weighted by Gasteiger charge is 2.31. The largest absolute Gasteiger partial charge is 0.353 e. The molecule has 3 rings (SSSR count). The van der Waals surface area contributed by atoms with Gasteiger partial charge in [-0.1, -0.05) is 30.3 Å². The fraction of sp³-hybridized carbons (Fsp3) is 0.250. The Hall–Kier alpha value is -2.14. The number of nitrogens with zero attached hydrogens (tertiary/aromatic N) is 1. The van der Waals surface area contributed by atoms with E-state index in [-0.39, 0.29) is 11.8 Å². The number of rotatable bonds is 2. The molecular weight excluding hydrogens is 284 g/mol. The lowest BCUT2D eigenvalue weighted by atomic mass is 10.1. The van der Waals surface area contributed by atoms with E-state index in [1.54, 1.807) is 11.8 Å². The van der Waals surface area contributed by atoms with E-state index in [4.69, 9.17) is 0 Å². The monoisotopic (exact) mass is 300 g/mol. The summed E-state index contributed by atoms with van der Waals surface area (Å²) < 4.78 is 0. The third-order valence-electron chi connectivity index (χ3n) is 3.70. The topological polar surface area (TPSA) is 49.4 Å². The van der Waals surface area contributed by atoms with E-state index in [0.717, 1.165) is 11.1 Å². The van der Waals surface area contributed by atoms with Gasteiger partial charge < -0.3 is 10.2 Å². The van der Waals surface area contributed by atoms with Crippen LogP contribution in [0, 0.1) is 0 Å². The number of hydrogen-bond donors (Lipinski definition) is 1. The summed E-state index contributed by atoms with van der Waals surface area (Å²) in [6.07, 6.45) is 0. The molecule has 0 aliphatic carbocycles. The first kappa shape index (κ1) is 13.8. The average Bonchev–Trinajstić information content (AvgIpc) is 3.00. The molecule has 0 bridgehead atoms. The standard InChI is InChI=1S/C16H16N2O2S/c1-11-15(19)17-8-9-18(11)16(20)14-13(7-10-21-14)12-5-3-2-4-6-12/h2-7,10-11H,8-9H2,1H3,(H,17,19). The highest BCUT2D eigenvalue weighted by Crippen LogP contribution is 2.29. The molecule has 21 heavy (non-hydrogen) atoms. The summed E-state index contributed by atoms with van der Waals surface area (Å²) in [4.78, 5) is 26.8. The minimum absolute atomic E-state index is 0.0637. The molecule has 1 aromatic heterocycles. The molecule has 1 unspecified atom stereocenters. The second-order valence-electron chi connectivity index (χ2n) is 4.99. The van der Waals surface area contributed by atoms with Crippen LogP contribution in [0.1, 0.15) is 16.6 Å². The van der Waals surface area contributed by atoms with E-state index < -0.39 is 6.04 Å². The van der Waals surface area contributed by atoms with E-state index in [9.17, 15) is 9.59 Å². The van der Waals surface area contributed by atoms with Gasteiger partial charge in [-0.3, -0.25) is 9.59 Å². The van der Waals surface area contributed by atoms with Gasteiger partial charge >= 0.3 is 0 Å². The minimum Gasteiger partial charge on any atom is -0.353 e. The maximum absolute atomic E-state index is 12.8. The molecule has 1 N–H and O–H groups in total. The molecule has 0 saturated carbocycles. The molecule has 1 aliphatic heterocycles. The van der Waals surface area contributed by atoms with E-state index in [1.807, 2.05) is 41.8 Å². The molecule has 2 aromatic rings. The molecular formula is C16H16N2O2S. The van der Waals surface area contributed by atoms with Gasteiger partial charge in [0.15, 0.2) is 0 Å². The number of carbonyl (C=O) groups excluding carboxylic acids is 2. The van der Waals surface area contributed by atoms with E-state index in [1.165, 1.54) is 11.3 Å². The second kappa shape index (κ2) is 5.69. The van der Waals surface area contributed by atoms with Gasteiger partial charge in [0.1, 0.15) is 6.04 Å². The lowest BCUT2D eigenvalue weighted by Crippen LogP contribution is -2.55. The van der Waals surface area contributed by atoms with Gasteiger partial charge in [-0.25, -0.2) is 0 Å². The molecule has 0 spiro atoms. The lowest BCUT2D eigenvalue weighted by molar-refractivity contribution is -0.127. The molecule has 2 heterocycles. The summed E-state index contributed by atoms with van der Waals surface area (Å²) in [5.41, 5.74) is 1.96. The van der Waals surface area contributed by atoms with Gasteiger partial charge in [0.25, 0.3) is 5.91 Å². The van der Waals surface area contributed by atoms with Crippen molar-refractivity contribution in [1.29, 1.82) is 0 Å². The molecule has 108 valence electrons. The van der Waals surface area contributed by atoms with Crippen LogP contribution in [0.25, 0.3) is 11.1 Å². The van der Waals surface area contributed by atoms with Crippen LogP contribution in [0.5, 0.6) is 0 Å². The molecule has 1 aromatic carbocycles. The first-order valence-electron chi connectivity index (χ1n) is 6.90. The summed E-state index contributed by atoms with van der Waals surface area (Å²) in [6, 6.07) is 11.4. The Bertz CT molecular complexity index is 666. The predicted octanol–water partition coefficient (Wildman–Crippen LogP) is 2.38. The summed E-state index contributed by atoms with van der Waals surface area (Å²) in [6.45, 7) is 2.83. The van der Waals surface area contributed by atoms with Gasteiger partial charge in [-0.2, -0.15) is 0 Å². The second-order valence-corrected chi connectivity index (χ2v) is 5.91. The molecule has 1 aliphatic rings. The number of benzene rings is 1. The molecule has 1 fully saturated rings. The van der Waals surface area contributed by atoms with Gasteiger partial charge in [-0.15, -0.1) is 11.3 Å². The van der Waals surface area contributed by atoms with Gasteiger partial charge in [0, 0.05) is 18.7 Å². The van der Waals surface area contributed by atoms with Crippen LogP contribution in [-0.2, 0) is 4.79 Å². The van der Waals surface area contributed by atoms with Crippen LogP contribution < -0.4 is 5.32 Å². The normalized spacial score (nSPS) is 18.4. The fourth-order valence-corrected chi connectivity index (χ4v) is 3.38. The van der Waals surface area contributed by atoms with Crippen LogP contribution in [0.4, 0.5) is 0 Å². The molecule has 4 nitrogen and oxygen atoms in total.